The predicted octanol–water partition coefficient (Wildman–Crippen LogP) is 4.79. The quantitative estimate of drug-likeness (QED) is 0.512. The number of pyridine rings is 1. The summed E-state index contributed by atoms with van der Waals surface area (Å²) in [5.74, 6) is -0.0856. The zero-order chi connectivity index (χ0) is 20.0. The van der Waals surface area contributed by atoms with Crippen LogP contribution in [0.4, 0.5) is 10.1 Å². The molecule has 5 rings (SSSR count). The topological polar surface area (TPSA) is 72.2 Å². The Balaban J connectivity index is 0.00000218. The standard InChI is InChI=1S/C22H18FN5O.ClH/c1-13-21(15-2-3-15)27-20-9-8-17(12-28(13)20)26-22(29)19-11-24-18(10-25-19)14-4-6-16(23)7-5-14;/h4-12,15H,2-3H2,1H3,(H,26,29);1H. The van der Waals surface area contributed by atoms with Gasteiger partial charge in [-0.1, -0.05) is 0 Å². The third-order valence-electron chi connectivity index (χ3n) is 5.14. The molecule has 0 saturated heterocycles. The van der Waals surface area contributed by atoms with E-state index in [1.807, 2.05) is 22.7 Å². The molecule has 30 heavy (non-hydrogen) atoms. The van der Waals surface area contributed by atoms with E-state index in [0.717, 1.165) is 22.6 Å². The van der Waals surface area contributed by atoms with Crippen molar-refractivity contribution in [3.05, 3.63) is 77.9 Å². The molecular weight excluding hydrogens is 405 g/mol. The number of imidazole rings is 1. The van der Waals surface area contributed by atoms with Gasteiger partial charge in [-0.2, -0.15) is 0 Å². The van der Waals surface area contributed by atoms with Crippen LogP contribution in [0.1, 0.15) is 40.6 Å². The van der Waals surface area contributed by atoms with E-state index in [1.165, 1.54) is 37.4 Å². The molecule has 8 heteroatoms. The first-order chi connectivity index (χ1) is 14.1. The van der Waals surface area contributed by atoms with Gasteiger partial charge < -0.3 is 9.72 Å². The molecule has 0 bridgehead atoms. The van der Waals surface area contributed by atoms with Gasteiger partial charge in [-0.05, 0) is 56.2 Å². The molecule has 1 aliphatic carbocycles. The van der Waals surface area contributed by atoms with Crippen LogP contribution in [0.3, 0.4) is 0 Å². The Morgan fingerprint density at radius 2 is 1.87 bits per heavy atom. The third-order valence-corrected chi connectivity index (χ3v) is 5.14. The molecule has 6 nitrogen and oxygen atoms in total. The van der Waals surface area contributed by atoms with Crippen molar-refractivity contribution in [3.8, 4) is 11.3 Å². The molecule has 1 aromatic carbocycles. The highest BCUT2D eigenvalue weighted by atomic mass is 35.5. The maximum atomic E-state index is 13.1. The highest BCUT2D eigenvalue weighted by Gasteiger charge is 2.28. The monoisotopic (exact) mass is 423 g/mol. The van der Waals surface area contributed by atoms with Crippen LogP contribution in [0.15, 0.2) is 55.0 Å². The molecule has 3 aromatic heterocycles. The molecular formula is C22H19ClFN5O. The number of halogens is 2. The van der Waals surface area contributed by atoms with Gasteiger partial charge in [-0.15, -0.1) is 12.4 Å². The molecule has 0 aliphatic heterocycles. The van der Waals surface area contributed by atoms with E-state index in [0.29, 0.717) is 17.3 Å². The highest BCUT2D eigenvalue weighted by Crippen LogP contribution is 2.41. The van der Waals surface area contributed by atoms with Crippen LogP contribution in [0.5, 0.6) is 0 Å². The predicted molar refractivity (Wildman–Crippen MR) is 115 cm³/mol. The van der Waals surface area contributed by atoms with Gasteiger partial charge in [0.05, 0.1) is 29.5 Å². The van der Waals surface area contributed by atoms with Gasteiger partial charge >= 0.3 is 0 Å². The number of carbonyl (C=O) groups excluding carboxylic acids is 1. The summed E-state index contributed by atoms with van der Waals surface area (Å²) in [6, 6.07) is 9.70. The second-order valence-electron chi connectivity index (χ2n) is 7.25. The number of rotatable bonds is 4. The van der Waals surface area contributed by atoms with E-state index in [4.69, 9.17) is 4.98 Å². The number of benzene rings is 1. The number of carbonyl (C=O) groups is 1. The number of fused-ring (bicyclic) bond motifs is 1. The van der Waals surface area contributed by atoms with Gasteiger partial charge in [-0.3, -0.25) is 9.78 Å². The summed E-state index contributed by atoms with van der Waals surface area (Å²) in [6.45, 7) is 2.05. The van der Waals surface area contributed by atoms with Crippen molar-refractivity contribution in [3.63, 3.8) is 0 Å². The van der Waals surface area contributed by atoms with Crippen molar-refractivity contribution < 1.29 is 9.18 Å². The van der Waals surface area contributed by atoms with Crippen LogP contribution in [0.25, 0.3) is 16.9 Å². The molecule has 0 atom stereocenters. The Bertz CT molecular complexity index is 1220. The maximum Gasteiger partial charge on any atom is 0.275 e. The van der Waals surface area contributed by atoms with Gasteiger partial charge in [0.25, 0.3) is 5.91 Å². The summed E-state index contributed by atoms with van der Waals surface area (Å²) in [5.41, 5.74) is 5.32. The van der Waals surface area contributed by atoms with Crippen LogP contribution in [0, 0.1) is 12.7 Å². The van der Waals surface area contributed by atoms with E-state index in [1.54, 1.807) is 12.1 Å². The number of aromatic nitrogens is 4. The van der Waals surface area contributed by atoms with E-state index in [9.17, 15) is 9.18 Å². The van der Waals surface area contributed by atoms with Crippen molar-refractivity contribution in [1.82, 2.24) is 19.4 Å². The number of aryl methyl sites for hydroxylation is 1. The molecule has 1 saturated carbocycles. The van der Waals surface area contributed by atoms with Gasteiger partial charge in [0.2, 0.25) is 0 Å². The number of amides is 1. The van der Waals surface area contributed by atoms with E-state index >= 15 is 0 Å². The second kappa shape index (κ2) is 7.84. The van der Waals surface area contributed by atoms with Crippen LogP contribution in [0.2, 0.25) is 0 Å². The van der Waals surface area contributed by atoms with Crippen molar-refractivity contribution in [1.29, 1.82) is 0 Å². The number of nitrogens with zero attached hydrogens (tertiary/aromatic N) is 4. The van der Waals surface area contributed by atoms with Gasteiger partial charge in [0.1, 0.15) is 17.2 Å². The smallest absolute Gasteiger partial charge is 0.275 e. The molecule has 1 N–H and O–H groups in total. The first kappa shape index (κ1) is 20.0. The number of hydrogen-bond donors (Lipinski definition) is 1. The summed E-state index contributed by atoms with van der Waals surface area (Å²) in [7, 11) is 0. The van der Waals surface area contributed by atoms with E-state index < -0.39 is 0 Å². The van der Waals surface area contributed by atoms with E-state index in [-0.39, 0.29) is 29.8 Å². The second-order valence-corrected chi connectivity index (χ2v) is 7.25. The Labute approximate surface area is 178 Å². The fraction of sp³-hybridized carbons (Fsp3) is 0.182. The third kappa shape index (κ3) is 3.76. The lowest BCUT2D eigenvalue weighted by Crippen LogP contribution is -2.14. The molecule has 1 aliphatic rings. The molecule has 152 valence electrons. The minimum Gasteiger partial charge on any atom is -0.319 e. The first-order valence-corrected chi connectivity index (χ1v) is 9.46. The molecule has 0 radical (unpaired) electrons. The van der Waals surface area contributed by atoms with Crippen molar-refractivity contribution in [2.24, 2.45) is 0 Å². The number of hydrogen-bond acceptors (Lipinski definition) is 4. The van der Waals surface area contributed by atoms with Crippen LogP contribution in [-0.4, -0.2) is 25.3 Å². The highest BCUT2D eigenvalue weighted by molar-refractivity contribution is 6.02. The average molecular weight is 424 g/mol. The maximum absolute atomic E-state index is 13.1. The lowest BCUT2D eigenvalue weighted by atomic mass is 10.1. The summed E-state index contributed by atoms with van der Waals surface area (Å²) in [4.78, 5) is 25.7. The van der Waals surface area contributed by atoms with Crippen molar-refractivity contribution in [2.75, 3.05) is 5.32 Å². The lowest BCUT2D eigenvalue weighted by Gasteiger charge is -2.07. The summed E-state index contributed by atoms with van der Waals surface area (Å²) >= 11 is 0. The minimum atomic E-state index is -0.345. The molecule has 0 spiro atoms. The van der Waals surface area contributed by atoms with Crippen molar-refractivity contribution >= 4 is 29.6 Å². The molecule has 1 amide bonds. The van der Waals surface area contributed by atoms with Gasteiger partial charge in [0.15, 0.2) is 0 Å². The van der Waals surface area contributed by atoms with Crippen molar-refractivity contribution in [2.45, 2.75) is 25.7 Å². The number of anilines is 1. The zero-order valence-electron chi connectivity index (χ0n) is 16.2. The number of nitrogens with one attached hydrogen (secondary N) is 1. The molecule has 1 fully saturated rings. The molecule has 0 unspecified atom stereocenters. The Morgan fingerprint density at radius 3 is 2.53 bits per heavy atom. The normalized spacial score (nSPS) is 13.1. The summed E-state index contributed by atoms with van der Waals surface area (Å²) < 4.78 is 15.1. The minimum absolute atomic E-state index is 0. The van der Waals surface area contributed by atoms with Crippen LogP contribution in [-0.2, 0) is 0 Å². The SMILES string of the molecule is Cc1c(C2CC2)nc2ccc(NC(=O)c3cnc(-c4ccc(F)cc4)cn3)cn12.Cl. The molecule has 4 aromatic rings. The largest absolute Gasteiger partial charge is 0.319 e. The fourth-order valence-corrected chi connectivity index (χ4v) is 3.41. The average Bonchev–Trinajstić information content (AvgIpc) is 3.53. The Morgan fingerprint density at radius 1 is 1.10 bits per heavy atom. The summed E-state index contributed by atoms with van der Waals surface area (Å²) in [6.07, 6.45) is 7.19. The summed E-state index contributed by atoms with van der Waals surface area (Å²) in [5, 5.41) is 2.86. The lowest BCUT2D eigenvalue weighted by molar-refractivity contribution is 0.102. The van der Waals surface area contributed by atoms with Gasteiger partial charge in [-0.25, -0.2) is 14.4 Å². The first-order valence-electron chi connectivity index (χ1n) is 9.46. The molecule has 3 heterocycles. The van der Waals surface area contributed by atoms with Crippen LogP contribution >= 0.6 is 12.4 Å². The van der Waals surface area contributed by atoms with Gasteiger partial charge in [0, 0.05) is 23.4 Å². The fourth-order valence-electron chi connectivity index (χ4n) is 3.41. The zero-order valence-corrected chi connectivity index (χ0v) is 17.0. The van der Waals surface area contributed by atoms with Crippen LogP contribution < -0.4 is 5.32 Å². The Kier molecular flexibility index (Phi) is 5.22. The Hall–Kier alpha value is -3.32. The van der Waals surface area contributed by atoms with E-state index in [2.05, 4.69) is 22.2 Å².